The van der Waals surface area contributed by atoms with Gasteiger partial charge in [0.25, 0.3) is 0 Å². The van der Waals surface area contributed by atoms with Gasteiger partial charge in [0.2, 0.25) is 0 Å². The fraction of sp³-hybridized carbons (Fsp3) is 0.345. The van der Waals surface area contributed by atoms with E-state index in [9.17, 15) is 0 Å². The number of rotatable bonds is 20. The van der Waals surface area contributed by atoms with Crippen LogP contribution in [-0.2, 0) is 5.41 Å². The van der Waals surface area contributed by atoms with Crippen LogP contribution in [-0.4, -0.2) is 7.11 Å². The summed E-state index contributed by atoms with van der Waals surface area (Å²) < 4.78 is 5.50. The topological polar surface area (TPSA) is 12.5 Å². The lowest BCUT2D eigenvalue weighted by molar-refractivity contribution is 0.398. The molecule has 0 fully saturated rings. The molecule has 0 aliphatic heterocycles. The zero-order chi connectivity index (χ0) is 39.5. The molecule has 0 saturated carbocycles. The largest absolute Gasteiger partial charge is 0.497 e. The summed E-state index contributed by atoms with van der Waals surface area (Å²) in [7, 11) is 1.72. The van der Waals surface area contributed by atoms with Crippen molar-refractivity contribution in [1.82, 2.24) is 0 Å². The minimum absolute atomic E-state index is 0.0114. The molecule has 0 aromatic heterocycles. The van der Waals surface area contributed by atoms with Crippen molar-refractivity contribution >= 4 is 17.1 Å². The van der Waals surface area contributed by atoms with Crippen LogP contribution in [0.25, 0.3) is 33.4 Å². The summed E-state index contributed by atoms with van der Waals surface area (Å²) in [4.78, 5) is 2.33. The Bertz CT molecular complexity index is 2130. The third kappa shape index (κ3) is 9.23. The van der Waals surface area contributed by atoms with Gasteiger partial charge < -0.3 is 9.64 Å². The van der Waals surface area contributed by atoms with Gasteiger partial charge in [0.15, 0.2) is 0 Å². The van der Waals surface area contributed by atoms with Gasteiger partial charge in [0.05, 0.1) is 7.11 Å². The molecule has 0 radical (unpaired) electrons. The van der Waals surface area contributed by atoms with Crippen LogP contribution in [0.4, 0.5) is 17.1 Å². The number of hydrogen-bond acceptors (Lipinski definition) is 2. The molecule has 0 bridgehead atoms. The van der Waals surface area contributed by atoms with E-state index in [4.69, 9.17) is 4.74 Å². The molecule has 0 amide bonds. The van der Waals surface area contributed by atoms with Gasteiger partial charge in [-0.05, 0) is 125 Å². The maximum Gasteiger partial charge on any atom is 0.119 e. The van der Waals surface area contributed by atoms with Crippen molar-refractivity contribution < 1.29 is 4.74 Å². The van der Waals surface area contributed by atoms with Crippen LogP contribution in [0.3, 0.4) is 0 Å². The number of methoxy groups -OCH3 is 1. The van der Waals surface area contributed by atoms with Crippen LogP contribution < -0.4 is 9.64 Å². The van der Waals surface area contributed by atoms with Crippen molar-refractivity contribution in [1.29, 1.82) is 0 Å². The predicted molar refractivity (Wildman–Crippen MR) is 245 cm³/mol. The summed E-state index contributed by atoms with van der Waals surface area (Å²) in [5, 5.41) is 0. The Morgan fingerprint density at radius 2 is 0.860 bits per heavy atom. The average Bonchev–Trinajstić information content (AvgIpc) is 3.53. The highest BCUT2D eigenvalue weighted by atomic mass is 16.5. The van der Waals surface area contributed by atoms with Crippen LogP contribution in [0.1, 0.15) is 120 Å². The van der Waals surface area contributed by atoms with Gasteiger partial charge in [-0.3, -0.25) is 0 Å². The molecule has 6 aromatic carbocycles. The molecule has 0 heterocycles. The summed E-state index contributed by atoms with van der Waals surface area (Å²) in [6, 6.07) is 52.1. The minimum atomic E-state index is 0.0114. The number of hydrogen-bond donors (Lipinski definition) is 0. The molecule has 57 heavy (non-hydrogen) atoms. The number of fused-ring (bicyclic) bond motifs is 3. The number of unbranched alkanes of at least 4 members (excludes halogenated alkanes) is 10. The van der Waals surface area contributed by atoms with E-state index in [1.165, 1.54) is 129 Å². The highest BCUT2D eigenvalue weighted by molar-refractivity contribution is 5.87. The van der Waals surface area contributed by atoms with Crippen molar-refractivity contribution in [2.45, 2.75) is 116 Å². The van der Waals surface area contributed by atoms with Crippen LogP contribution in [0.5, 0.6) is 5.75 Å². The Labute approximate surface area is 344 Å². The Morgan fingerprint density at radius 3 is 1.35 bits per heavy atom. The number of nitrogens with zero attached hydrogens (tertiary/aromatic N) is 1. The molecule has 0 N–H and O–H groups in total. The van der Waals surface area contributed by atoms with Crippen LogP contribution in [0.15, 0.2) is 140 Å². The molecule has 7 rings (SSSR count). The lowest BCUT2D eigenvalue weighted by Gasteiger charge is -2.33. The van der Waals surface area contributed by atoms with Crippen molar-refractivity contribution in [3.63, 3.8) is 0 Å². The first-order valence-corrected chi connectivity index (χ1v) is 22.0. The summed E-state index contributed by atoms with van der Waals surface area (Å²) in [5.74, 6) is 0.858. The number of ether oxygens (including phenoxy) is 1. The number of benzene rings is 6. The molecule has 1 aliphatic rings. The quantitative estimate of drug-likeness (QED) is 0.0720. The molecule has 1 aliphatic carbocycles. The Hall–Kier alpha value is -5.08. The van der Waals surface area contributed by atoms with E-state index in [1.807, 2.05) is 12.1 Å². The zero-order valence-electron chi connectivity index (χ0n) is 35.0. The monoisotopic (exact) mass is 753 g/mol. The van der Waals surface area contributed by atoms with Crippen molar-refractivity contribution in [3.05, 3.63) is 156 Å². The van der Waals surface area contributed by atoms with E-state index < -0.39 is 0 Å². The Balaban J connectivity index is 1.27. The predicted octanol–water partition coefficient (Wildman–Crippen LogP) is 16.6. The molecule has 0 atom stereocenters. The van der Waals surface area contributed by atoms with Crippen LogP contribution in [0.2, 0.25) is 0 Å². The lowest BCUT2D eigenvalue weighted by atomic mass is 9.70. The first-order chi connectivity index (χ1) is 28.0. The summed E-state index contributed by atoms with van der Waals surface area (Å²) in [6.45, 7) is 6.78. The second-order valence-electron chi connectivity index (χ2n) is 16.4. The Kier molecular flexibility index (Phi) is 13.6. The summed E-state index contributed by atoms with van der Waals surface area (Å²) in [6.07, 6.45) is 18.3. The third-order valence-electron chi connectivity index (χ3n) is 12.5. The summed E-state index contributed by atoms with van der Waals surface area (Å²) >= 11 is 0. The Morgan fingerprint density at radius 1 is 0.439 bits per heavy atom. The van der Waals surface area contributed by atoms with Gasteiger partial charge in [-0.1, -0.05) is 175 Å². The molecule has 0 spiro atoms. The maximum absolute atomic E-state index is 5.50. The normalized spacial score (nSPS) is 12.6. The standard InChI is InChI=1S/C55H63NO/c1-5-7-9-11-13-18-38-55(39-19-14-12-10-8-6-2)53-40-45(43-20-16-15-17-21-43)26-36-51(53)52-37-27-46(41-54(52)55)44-24-30-48(31-25-44)56(47-28-22-42(3)23-29-47)49-32-34-50(57-4)35-33-49/h15-17,20-37,40-41H,5-14,18-19,38-39H2,1-4H3. The molecule has 294 valence electrons. The first kappa shape index (κ1) is 40.1. The van der Waals surface area contributed by atoms with Gasteiger partial charge in [0.1, 0.15) is 5.75 Å². The molecule has 6 aromatic rings. The molecule has 0 saturated heterocycles. The van der Waals surface area contributed by atoms with Crippen LogP contribution >= 0.6 is 0 Å². The fourth-order valence-corrected chi connectivity index (χ4v) is 9.24. The van der Waals surface area contributed by atoms with E-state index in [2.05, 4.69) is 153 Å². The first-order valence-electron chi connectivity index (χ1n) is 22.0. The fourth-order valence-electron chi connectivity index (χ4n) is 9.24. The van der Waals surface area contributed by atoms with Gasteiger partial charge in [0, 0.05) is 22.5 Å². The zero-order valence-corrected chi connectivity index (χ0v) is 35.0. The van der Waals surface area contributed by atoms with E-state index in [0.29, 0.717) is 0 Å². The minimum Gasteiger partial charge on any atom is -0.497 e. The smallest absolute Gasteiger partial charge is 0.119 e. The van der Waals surface area contributed by atoms with Gasteiger partial charge >= 0.3 is 0 Å². The van der Waals surface area contributed by atoms with Crippen molar-refractivity contribution in [2.24, 2.45) is 0 Å². The molecular weight excluding hydrogens is 691 g/mol. The van der Waals surface area contributed by atoms with Crippen molar-refractivity contribution in [2.75, 3.05) is 12.0 Å². The molecule has 0 unspecified atom stereocenters. The van der Waals surface area contributed by atoms with Crippen molar-refractivity contribution in [3.8, 4) is 39.1 Å². The van der Waals surface area contributed by atoms with E-state index in [1.54, 1.807) is 18.2 Å². The maximum atomic E-state index is 5.50. The van der Waals surface area contributed by atoms with Crippen LogP contribution in [0, 0.1) is 6.92 Å². The summed E-state index contributed by atoms with van der Waals surface area (Å²) in [5.41, 5.74) is 15.8. The molecule has 2 heteroatoms. The van der Waals surface area contributed by atoms with E-state index in [0.717, 1.165) is 22.8 Å². The number of aryl methyl sites for hydroxylation is 1. The second kappa shape index (κ2) is 19.4. The highest BCUT2D eigenvalue weighted by Crippen LogP contribution is 2.56. The molecule has 2 nitrogen and oxygen atoms in total. The molecular formula is C55H63NO. The highest BCUT2D eigenvalue weighted by Gasteiger charge is 2.42. The third-order valence-corrected chi connectivity index (χ3v) is 12.5. The average molecular weight is 754 g/mol. The number of anilines is 3. The van der Waals surface area contributed by atoms with E-state index >= 15 is 0 Å². The van der Waals surface area contributed by atoms with Gasteiger partial charge in [-0.15, -0.1) is 0 Å². The lowest BCUT2D eigenvalue weighted by Crippen LogP contribution is -2.25. The second-order valence-corrected chi connectivity index (χ2v) is 16.4. The van der Waals surface area contributed by atoms with E-state index in [-0.39, 0.29) is 5.41 Å². The van der Waals surface area contributed by atoms with Gasteiger partial charge in [-0.2, -0.15) is 0 Å². The SMILES string of the molecule is CCCCCCCCC1(CCCCCCCC)c2cc(-c3ccccc3)ccc2-c2ccc(-c3ccc(N(c4ccc(C)cc4)c4ccc(OC)cc4)cc3)cc21. The van der Waals surface area contributed by atoms with Gasteiger partial charge in [-0.25, -0.2) is 0 Å².